The Bertz CT molecular complexity index is 1030. The standard InChI is InChI=1S/C21H19F3N2O2/c1-13-10-18(14-6-4-8-16(11-14)28-21(22,23)24)25-20-15(7-5-9-17(13)20)12-19(27)26(2)3/h4-11H,12H2,1-3H3. The Kier molecular flexibility index (Phi) is 5.27. The fourth-order valence-corrected chi connectivity index (χ4v) is 2.94. The fourth-order valence-electron chi connectivity index (χ4n) is 2.94. The molecule has 0 atom stereocenters. The molecule has 0 aliphatic rings. The number of amides is 1. The number of rotatable bonds is 4. The Balaban J connectivity index is 2.08. The van der Waals surface area contributed by atoms with Crippen LogP contribution in [0.15, 0.2) is 48.5 Å². The molecule has 0 N–H and O–H groups in total. The van der Waals surface area contributed by atoms with E-state index < -0.39 is 6.36 Å². The van der Waals surface area contributed by atoms with Crippen molar-refractivity contribution >= 4 is 16.8 Å². The first kappa shape index (κ1) is 19.7. The predicted octanol–water partition coefficient (Wildman–Crippen LogP) is 4.74. The van der Waals surface area contributed by atoms with Crippen molar-refractivity contribution in [2.75, 3.05) is 14.1 Å². The van der Waals surface area contributed by atoms with Gasteiger partial charge in [-0.1, -0.05) is 30.3 Å². The molecule has 1 heterocycles. The van der Waals surface area contributed by atoms with Crippen molar-refractivity contribution in [3.63, 3.8) is 0 Å². The molecule has 3 rings (SSSR count). The largest absolute Gasteiger partial charge is 0.573 e. The van der Waals surface area contributed by atoms with E-state index >= 15 is 0 Å². The van der Waals surface area contributed by atoms with Crippen LogP contribution in [0.5, 0.6) is 5.75 Å². The molecule has 0 radical (unpaired) electrons. The molecule has 0 fully saturated rings. The summed E-state index contributed by atoms with van der Waals surface area (Å²) >= 11 is 0. The third-order valence-electron chi connectivity index (χ3n) is 4.33. The molecule has 1 amide bonds. The zero-order valence-electron chi connectivity index (χ0n) is 15.7. The molecule has 146 valence electrons. The molecule has 0 unspecified atom stereocenters. The average molecular weight is 388 g/mol. The van der Waals surface area contributed by atoms with Crippen LogP contribution in [-0.2, 0) is 11.2 Å². The molecule has 1 aromatic heterocycles. The van der Waals surface area contributed by atoms with Crippen molar-refractivity contribution < 1.29 is 22.7 Å². The maximum absolute atomic E-state index is 12.5. The van der Waals surface area contributed by atoms with Crippen LogP contribution in [0.3, 0.4) is 0 Å². The van der Waals surface area contributed by atoms with Gasteiger partial charge in [0.25, 0.3) is 0 Å². The number of para-hydroxylation sites is 1. The van der Waals surface area contributed by atoms with Gasteiger partial charge in [-0.3, -0.25) is 4.79 Å². The summed E-state index contributed by atoms with van der Waals surface area (Å²) in [6, 6.07) is 13.1. The summed E-state index contributed by atoms with van der Waals surface area (Å²) in [6.07, 6.45) is -4.57. The SMILES string of the molecule is Cc1cc(-c2cccc(OC(F)(F)F)c2)nc2c(CC(=O)N(C)C)cccc12. The lowest BCUT2D eigenvalue weighted by Crippen LogP contribution is -2.23. The van der Waals surface area contributed by atoms with Crippen LogP contribution in [0.4, 0.5) is 13.2 Å². The van der Waals surface area contributed by atoms with E-state index in [4.69, 9.17) is 0 Å². The summed E-state index contributed by atoms with van der Waals surface area (Å²) in [7, 11) is 3.37. The van der Waals surface area contributed by atoms with E-state index in [9.17, 15) is 18.0 Å². The number of alkyl halides is 3. The number of ether oxygens (including phenoxy) is 1. The van der Waals surface area contributed by atoms with Crippen LogP contribution in [0.1, 0.15) is 11.1 Å². The van der Waals surface area contributed by atoms with E-state index in [-0.39, 0.29) is 18.1 Å². The highest BCUT2D eigenvalue weighted by Crippen LogP contribution is 2.30. The maximum atomic E-state index is 12.5. The Morgan fingerprint density at radius 3 is 2.50 bits per heavy atom. The van der Waals surface area contributed by atoms with Crippen LogP contribution in [0, 0.1) is 6.92 Å². The summed E-state index contributed by atoms with van der Waals surface area (Å²) in [5.74, 6) is -0.362. The van der Waals surface area contributed by atoms with E-state index in [0.717, 1.165) is 16.5 Å². The van der Waals surface area contributed by atoms with Crippen LogP contribution < -0.4 is 4.74 Å². The lowest BCUT2D eigenvalue weighted by atomic mass is 10.0. The predicted molar refractivity (Wildman–Crippen MR) is 101 cm³/mol. The number of carbonyl (C=O) groups is 1. The molecule has 0 saturated heterocycles. The number of aryl methyl sites for hydroxylation is 1. The normalized spacial score (nSPS) is 11.5. The monoisotopic (exact) mass is 388 g/mol. The van der Waals surface area contributed by atoms with Gasteiger partial charge < -0.3 is 9.64 Å². The minimum atomic E-state index is -4.76. The zero-order chi connectivity index (χ0) is 20.5. The number of hydrogen-bond acceptors (Lipinski definition) is 3. The molecule has 0 aliphatic heterocycles. The van der Waals surface area contributed by atoms with Crippen molar-refractivity contribution in [2.24, 2.45) is 0 Å². The molecule has 7 heteroatoms. The van der Waals surface area contributed by atoms with Gasteiger partial charge in [-0.15, -0.1) is 13.2 Å². The second-order valence-electron chi connectivity index (χ2n) is 6.68. The van der Waals surface area contributed by atoms with E-state index in [1.54, 1.807) is 20.2 Å². The Morgan fingerprint density at radius 2 is 1.82 bits per heavy atom. The Hall–Kier alpha value is -3.09. The molecule has 3 aromatic rings. The number of nitrogens with zero attached hydrogens (tertiary/aromatic N) is 2. The van der Waals surface area contributed by atoms with Crippen molar-refractivity contribution in [1.82, 2.24) is 9.88 Å². The highest BCUT2D eigenvalue weighted by atomic mass is 19.4. The fraction of sp³-hybridized carbons (Fsp3) is 0.238. The van der Waals surface area contributed by atoms with Gasteiger partial charge in [0.15, 0.2) is 0 Å². The number of halogens is 3. The first-order valence-corrected chi connectivity index (χ1v) is 8.59. The number of likely N-dealkylation sites (N-methyl/N-ethyl adjacent to an activating group) is 1. The van der Waals surface area contributed by atoms with Crippen molar-refractivity contribution in [3.8, 4) is 17.0 Å². The van der Waals surface area contributed by atoms with Gasteiger partial charge in [-0.2, -0.15) is 0 Å². The number of pyridine rings is 1. The van der Waals surface area contributed by atoms with Crippen LogP contribution in [0.2, 0.25) is 0 Å². The van der Waals surface area contributed by atoms with Crippen LogP contribution in [0.25, 0.3) is 22.2 Å². The molecule has 2 aromatic carbocycles. The van der Waals surface area contributed by atoms with Gasteiger partial charge in [0.1, 0.15) is 5.75 Å². The number of benzene rings is 2. The van der Waals surface area contributed by atoms with Crippen molar-refractivity contribution in [2.45, 2.75) is 19.7 Å². The molecule has 0 saturated carbocycles. The lowest BCUT2D eigenvalue weighted by Gasteiger charge is -2.14. The van der Waals surface area contributed by atoms with E-state index in [0.29, 0.717) is 16.8 Å². The third-order valence-corrected chi connectivity index (χ3v) is 4.33. The molecule has 4 nitrogen and oxygen atoms in total. The smallest absolute Gasteiger partial charge is 0.406 e. The Labute approximate surface area is 160 Å². The lowest BCUT2D eigenvalue weighted by molar-refractivity contribution is -0.274. The maximum Gasteiger partial charge on any atom is 0.573 e. The minimum Gasteiger partial charge on any atom is -0.406 e. The van der Waals surface area contributed by atoms with E-state index in [2.05, 4.69) is 9.72 Å². The summed E-state index contributed by atoms with van der Waals surface area (Å²) < 4.78 is 41.5. The van der Waals surface area contributed by atoms with E-state index in [1.165, 1.54) is 23.1 Å². The van der Waals surface area contributed by atoms with Gasteiger partial charge in [0.05, 0.1) is 17.6 Å². The number of fused-ring (bicyclic) bond motifs is 1. The van der Waals surface area contributed by atoms with Gasteiger partial charge in [-0.05, 0) is 36.2 Å². The van der Waals surface area contributed by atoms with Crippen molar-refractivity contribution in [1.29, 1.82) is 0 Å². The molecular formula is C21H19F3N2O2. The summed E-state index contributed by atoms with van der Waals surface area (Å²) in [6.45, 7) is 1.90. The van der Waals surface area contributed by atoms with Crippen molar-refractivity contribution in [3.05, 3.63) is 59.7 Å². The quantitative estimate of drug-likeness (QED) is 0.648. The Morgan fingerprint density at radius 1 is 1.11 bits per heavy atom. The zero-order valence-corrected chi connectivity index (χ0v) is 15.7. The minimum absolute atomic E-state index is 0.0575. The summed E-state index contributed by atoms with van der Waals surface area (Å²) in [5, 5.41) is 0.899. The second-order valence-corrected chi connectivity index (χ2v) is 6.68. The van der Waals surface area contributed by atoms with Crippen LogP contribution >= 0.6 is 0 Å². The molecule has 28 heavy (non-hydrogen) atoms. The van der Waals surface area contributed by atoms with Gasteiger partial charge in [0.2, 0.25) is 5.91 Å². The third kappa shape index (κ3) is 4.42. The first-order chi connectivity index (χ1) is 13.1. The van der Waals surface area contributed by atoms with Gasteiger partial charge >= 0.3 is 6.36 Å². The molecular weight excluding hydrogens is 369 g/mol. The summed E-state index contributed by atoms with van der Waals surface area (Å²) in [4.78, 5) is 18.3. The number of carbonyl (C=O) groups excluding carboxylic acids is 1. The topological polar surface area (TPSA) is 42.4 Å². The average Bonchev–Trinajstić information content (AvgIpc) is 2.61. The molecule has 0 aliphatic carbocycles. The van der Waals surface area contributed by atoms with Crippen LogP contribution in [-0.4, -0.2) is 36.2 Å². The molecule has 0 spiro atoms. The first-order valence-electron chi connectivity index (χ1n) is 8.59. The highest BCUT2D eigenvalue weighted by Gasteiger charge is 2.31. The van der Waals surface area contributed by atoms with E-state index in [1.807, 2.05) is 31.2 Å². The number of aromatic nitrogens is 1. The van der Waals surface area contributed by atoms with Gasteiger partial charge in [0, 0.05) is 25.0 Å². The second kappa shape index (κ2) is 7.50. The van der Waals surface area contributed by atoms with Gasteiger partial charge in [-0.25, -0.2) is 4.98 Å². The highest BCUT2D eigenvalue weighted by molar-refractivity contribution is 5.91. The molecule has 0 bridgehead atoms. The number of hydrogen-bond donors (Lipinski definition) is 0. The summed E-state index contributed by atoms with van der Waals surface area (Å²) in [5.41, 5.74) is 3.36.